The third kappa shape index (κ3) is 3.25. The number of hydrogen-bond donors (Lipinski definition) is 2. The van der Waals surface area contributed by atoms with E-state index in [0.29, 0.717) is 22.4 Å². The van der Waals surface area contributed by atoms with Gasteiger partial charge in [0.05, 0.1) is 9.89 Å². The Hall–Kier alpha value is -1.03. The molecule has 0 saturated heterocycles. The minimum Gasteiger partial charge on any atom is -0.506 e. The van der Waals surface area contributed by atoms with E-state index in [1.54, 1.807) is 13.8 Å². The molecule has 3 nitrogen and oxygen atoms in total. The van der Waals surface area contributed by atoms with Gasteiger partial charge in [0.15, 0.2) is 0 Å². The molecule has 18 heavy (non-hydrogen) atoms. The molecule has 1 aromatic carbocycles. The van der Waals surface area contributed by atoms with Crippen LogP contribution in [0.15, 0.2) is 16.6 Å². The molecule has 0 bridgehead atoms. The van der Waals surface area contributed by atoms with Crippen LogP contribution in [-0.2, 0) is 11.2 Å². The SMILES string of the molecule is CC(C)c1cc(Br)c(O)c(CC(C)(C)C(=O)O)c1. The Morgan fingerprint density at radius 1 is 1.39 bits per heavy atom. The fourth-order valence-electron chi connectivity index (χ4n) is 1.70. The van der Waals surface area contributed by atoms with Gasteiger partial charge in [0.2, 0.25) is 0 Å². The number of carboxylic acids is 1. The van der Waals surface area contributed by atoms with Crippen molar-refractivity contribution in [2.45, 2.75) is 40.0 Å². The topological polar surface area (TPSA) is 57.5 Å². The standard InChI is InChI=1S/C14H19BrO3/c1-8(2)9-5-10(12(16)11(15)6-9)7-14(3,4)13(17)18/h5-6,8,16H,7H2,1-4H3,(H,17,18). The molecule has 1 rings (SSSR count). The van der Waals surface area contributed by atoms with Gasteiger partial charge in [0.25, 0.3) is 0 Å². The van der Waals surface area contributed by atoms with E-state index in [1.165, 1.54) is 0 Å². The van der Waals surface area contributed by atoms with Gasteiger partial charge in [-0.05, 0) is 59.3 Å². The molecule has 0 atom stereocenters. The molecule has 0 heterocycles. The Kier molecular flexibility index (Phi) is 4.43. The van der Waals surface area contributed by atoms with Gasteiger partial charge in [-0.15, -0.1) is 0 Å². The molecule has 0 saturated carbocycles. The van der Waals surface area contributed by atoms with Crippen LogP contribution < -0.4 is 0 Å². The van der Waals surface area contributed by atoms with Crippen molar-refractivity contribution in [1.29, 1.82) is 0 Å². The van der Waals surface area contributed by atoms with Crippen LogP contribution in [0.2, 0.25) is 0 Å². The molecular formula is C14H19BrO3. The summed E-state index contributed by atoms with van der Waals surface area (Å²) in [6.45, 7) is 7.44. The number of aliphatic carboxylic acids is 1. The lowest BCUT2D eigenvalue weighted by Gasteiger charge is -2.21. The van der Waals surface area contributed by atoms with E-state index in [1.807, 2.05) is 12.1 Å². The Balaban J connectivity index is 3.20. The predicted molar refractivity (Wildman–Crippen MR) is 75.0 cm³/mol. The van der Waals surface area contributed by atoms with Crippen LogP contribution in [0.3, 0.4) is 0 Å². The first-order valence-corrected chi connectivity index (χ1v) is 6.69. The number of carbonyl (C=O) groups is 1. The van der Waals surface area contributed by atoms with Gasteiger partial charge < -0.3 is 10.2 Å². The van der Waals surface area contributed by atoms with E-state index in [9.17, 15) is 9.90 Å². The number of phenols is 1. The van der Waals surface area contributed by atoms with Gasteiger partial charge in [0.1, 0.15) is 5.75 Å². The fourth-order valence-corrected chi connectivity index (χ4v) is 2.22. The first-order valence-electron chi connectivity index (χ1n) is 5.90. The molecule has 4 heteroatoms. The maximum absolute atomic E-state index is 11.1. The highest BCUT2D eigenvalue weighted by molar-refractivity contribution is 9.10. The van der Waals surface area contributed by atoms with Crippen molar-refractivity contribution < 1.29 is 15.0 Å². The molecule has 0 spiro atoms. The van der Waals surface area contributed by atoms with Crippen molar-refractivity contribution >= 4 is 21.9 Å². The van der Waals surface area contributed by atoms with E-state index in [2.05, 4.69) is 29.8 Å². The highest BCUT2D eigenvalue weighted by atomic mass is 79.9. The van der Waals surface area contributed by atoms with Crippen molar-refractivity contribution in [2.75, 3.05) is 0 Å². The van der Waals surface area contributed by atoms with Crippen LogP contribution in [0.25, 0.3) is 0 Å². The van der Waals surface area contributed by atoms with E-state index in [0.717, 1.165) is 5.56 Å². The summed E-state index contributed by atoms with van der Waals surface area (Å²) in [6, 6.07) is 3.76. The summed E-state index contributed by atoms with van der Waals surface area (Å²) >= 11 is 3.31. The number of carboxylic acid groups (broad SMARTS) is 1. The second kappa shape index (κ2) is 5.31. The third-order valence-electron chi connectivity index (χ3n) is 3.04. The lowest BCUT2D eigenvalue weighted by Crippen LogP contribution is -2.26. The average molecular weight is 315 g/mol. The normalized spacial score (nSPS) is 11.9. The summed E-state index contributed by atoms with van der Waals surface area (Å²) in [4.78, 5) is 11.1. The number of halogens is 1. The summed E-state index contributed by atoms with van der Waals surface area (Å²) in [5.41, 5.74) is 0.850. The zero-order valence-corrected chi connectivity index (χ0v) is 12.7. The van der Waals surface area contributed by atoms with Crippen LogP contribution in [0, 0.1) is 5.41 Å². The van der Waals surface area contributed by atoms with Crippen LogP contribution in [0.4, 0.5) is 0 Å². The van der Waals surface area contributed by atoms with Crippen molar-refractivity contribution in [3.63, 3.8) is 0 Å². The molecule has 0 amide bonds. The monoisotopic (exact) mass is 314 g/mol. The largest absolute Gasteiger partial charge is 0.506 e. The summed E-state index contributed by atoms with van der Waals surface area (Å²) in [6.07, 6.45) is 0.299. The van der Waals surface area contributed by atoms with Crippen LogP contribution >= 0.6 is 15.9 Å². The van der Waals surface area contributed by atoms with E-state index >= 15 is 0 Å². The van der Waals surface area contributed by atoms with Crippen molar-refractivity contribution in [1.82, 2.24) is 0 Å². The highest BCUT2D eigenvalue weighted by Crippen LogP contribution is 2.35. The number of hydrogen-bond acceptors (Lipinski definition) is 2. The average Bonchev–Trinajstić information content (AvgIpc) is 2.23. The molecule has 100 valence electrons. The number of phenolic OH excluding ortho intramolecular Hbond substituents is 1. The minimum atomic E-state index is -0.896. The molecule has 0 fully saturated rings. The first-order chi connectivity index (χ1) is 8.15. The first kappa shape index (κ1) is 15.0. The van der Waals surface area contributed by atoms with Crippen molar-refractivity contribution in [2.24, 2.45) is 5.41 Å². The molecular weight excluding hydrogens is 296 g/mol. The van der Waals surface area contributed by atoms with Gasteiger partial charge in [-0.3, -0.25) is 4.79 Å². The zero-order valence-electron chi connectivity index (χ0n) is 11.1. The van der Waals surface area contributed by atoms with Crippen molar-refractivity contribution in [3.05, 3.63) is 27.7 Å². The van der Waals surface area contributed by atoms with Gasteiger partial charge in [-0.2, -0.15) is 0 Å². The maximum atomic E-state index is 11.1. The summed E-state index contributed by atoms with van der Waals surface area (Å²) in [5, 5.41) is 19.2. The number of rotatable bonds is 4. The van der Waals surface area contributed by atoms with E-state index < -0.39 is 11.4 Å². The van der Waals surface area contributed by atoms with Gasteiger partial charge in [-0.25, -0.2) is 0 Å². The Labute approximate surface area is 116 Å². The lowest BCUT2D eigenvalue weighted by molar-refractivity contribution is -0.146. The molecule has 0 aromatic heterocycles. The lowest BCUT2D eigenvalue weighted by atomic mass is 9.84. The molecule has 1 aromatic rings. The second-order valence-corrected chi connectivity index (χ2v) is 6.39. The maximum Gasteiger partial charge on any atom is 0.309 e. The predicted octanol–water partition coefficient (Wildman–Crippen LogP) is 3.93. The van der Waals surface area contributed by atoms with E-state index in [-0.39, 0.29) is 5.75 Å². The summed E-state index contributed by atoms with van der Waals surface area (Å²) in [7, 11) is 0. The molecule has 0 aliphatic rings. The highest BCUT2D eigenvalue weighted by Gasteiger charge is 2.29. The smallest absolute Gasteiger partial charge is 0.309 e. The minimum absolute atomic E-state index is 0.133. The van der Waals surface area contributed by atoms with Crippen LogP contribution in [0.5, 0.6) is 5.75 Å². The van der Waals surface area contributed by atoms with E-state index in [4.69, 9.17) is 5.11 Å². The molecule has 0 unspecified atom stereocenters. The fraction of sp³-hybridized carbons (Fsp3) is 0.500. The van der Waals surface area contributed by atoms with Gasteiger partial charge in [-0.1, -0.05) is 19.9 Å². The van der Waals surface area contributed by atoms with Gasteiger partial charge in [0, 0.05) is 0 Å². The molecule has 0 aliphatic carbocycles. The zero-order chi connectivity index (χ0) is 14.1. The Morgan fingerprint density at radius 2 is 1.94 bits per heavy atom. The van der Waals surface area contributed by atoms with Crippen LogP contribution in [0.1, 0.15) is 44.7 Å². The number of aromatic hydroxyl groups is 1. The van der Waals surface area contributed by atoms with Crippen molar-refractivity contribution in [3.8, 4) is 5.75 Å². The van der Waals surface area contributed by atoms with Crippen LogP contribution in [-0.4, -0.2) is 16.2 Å². The second-order valence-electron chi connectivity index (χ2n) is 5.53. The Bertz CT molecular complexity index is 464. The number of benzene rings is 1. The summed E-state index contributed by atoms with van der Waals surface area (Å²) < 4.78 is 0.616. The Morgan fingerprint density at radius 3 is 2.39 bits per heavy atom. The molecule has 0 radical (unpaired) electrons. The van der Waals surface area contributed by atoms with Gasteiger partial charge >= 0.3 is 5.97 Å². The quantitative estimate of drug-likeness (QED) is 0.885. The molecule has 2 N–H and O–H groups in total. The summed E-state index contributed by atoms with van der Waals surface area (Å²) in [5.74, 6) is -0.407. The molecule has 0 aliphatic heterocycles. The third-order valence-corrected chi connectivity index (χ3v) is 3.65.